The normalized spacial score (nSPS) is 13.6. The van der Waals surface area contributed by atoms with Crippen LogP contribution in [0.4, 0.5) is 0 Å². The van der Waals surface area contributed by atoms with Crippen molar-refractivity contribution < 1.29 is 29.3 Å². The molecule has 0 aromatic carbocycles. The molecule has 0 aromatic heterocycles. The molecule has 6 nitrogen and oxygen atoms in total. The zero-order valence-electron chi connectivity index (χ0n) is 32.7. The Bertz CT molecular complexity index is 960. The number of carbonyl (C=O) groups excluding carboxylic acids is 2. The highest BCUT2D eigenvalue weighted by Crippen LogP contribution is 2.14. The molecule has 2 N–H and O–H groups in total. The van der Waals surface area contributed by atoms with Crippen molar-refractivity contribution in [3.05, 3.63) is 72.9 Å². The van der Waals surface area contributed by atoms with Gasteiger partial charge < -0.3 is 19.7 Å². The van der Waals surface area contributed by atoms with Gasteiger partial charge >= 0.3 is 11.9 Å². The summed E-state index contributed by atoms with van der Waals surface area (Å²) in [6.07, 6.45) is 50.1. The van der Waals surface area contributed by atoms with Gasteiger partial charge in [0, 0.05) is 12.8 Å². The zero-order chi connectivity index (χ0) is 37.3. The molecule has 51 heavy (non-hydrogen) atoms. The van der Waals surface area contributed by atoms with Gasteiger partial charge in [-0.05, 0) is 44.9 Å². The number of esters is 2. The Kier molecular flexibility index (Phi) is 38.0. The third-order valence-corrected chi connectivity index (χ3v) is 8.63. The maximum absolute atomic E-state index is 12.2. The zero-order valence-corrected chi connectivity index (χ0v) is 32.7. The molecule has 0 saturated carbocycles. The molecule has 0 heterocycles. The Morgan fingerprint density at radius 1 is 0.549 bits per heavy atom. The van der Waals surface area contributed by atoms with Crippen LogP contribution in [0.2, 0.25) is 0 Å². The quantitative estimate of drug-likeness (QED) is 0.0291. The van der Waals surface area contributed by atoms with Crippen LogP contribution >= 0.6 is 0 Å². The lowest BCUT2D eigenvalue weighted by molar-refractivity contribution is -0.161. The molecule has 0 rings (SSSR count). The molecular weight excluding hydrogens is 636 g/mol. The number of carbonyl (C=O) groups is 2. The van der Waals surface area contributed by atoms with Gasteiger partial charge in [0.05, 0.1) is 12.7 Å². The first-order chi connectivity index (χ1) is 25.0. The fourth-order valence-corrected chi connectivity index (χ4v) is 5.49. The topological polar surface area (TPSA) is 93.1 Å². The van der Waals surface area contributed by atoms with Gasteiger partial charge in [-0.1, -0.05) is 189 Å². The highest BCUT2D eigenvalue weighted by Gasteiger charge is 2.17. The molecule has 0 aliphatic rings. The molecule has 0 aliphatic heterocycles. The molecule has 0 spiro atoms. The number of aliphatic hydroxyl groups excluding tert-OH is 2. The second-order valence-electron chi connectivity index (χ2n) is 13.5. The molecule has 0 saturated heterocycles. The summed E-state index contributed by atoms with van der Waals surface area (Å²) in [5.41, 5.74) is 0. The Balaban J connectivity index is 3.78. The molecule has 292 valence electrons. The highest BCUT2D eigenvalue weighted by atomic mass is 16.6. The summed E-state index contributed by atoms with van der Waals surface area (Å²) in [5, 5.41) is 19.7. The van der Waals surface area contributed by atoms with Crippen LogP contribution in [-0.2, 0) is 19.1 Å². The van der Waals surface area contributed by atoms with Crippen LogP contribution in [0.3, 0.4) is 0 Å². The van der Waals surface area contributed by atoms with Crippen LogP contribution in [0.25, 0.3) is 0 Å². The van der Waals surface area contributed by atoms with Crippen LogP contribution in [0.1, 0.15) is 174 Å². The van der Waals surface area contributed by atoms with Crippen LogP contribution in [0.15, 0.2) is 72.9 Å². The molecule has 0 fully saturated rings. The molecule has 0 bridgehead atoms. The van der Waals surface area contributed by atoms with Gasteiger partial charge in [-0.15, -0.1) is 0 Å². The number of ether oxygens (including phenoxy) is 2. The van der Waals surface area contributed by atoms with Crippen molar-refractivity contribution in [1.29, 1.82) is 0 Å². The first-order valence-electron chi connectivity index (χ1n) is 20.6. The minimum atomic E-state index is -0.897. The van der Waals surface area contributed by atoms with E-state index in [9.17, 15) is 19.8 Å². The van der Waals surface area contributed by atoms with Gasteiger partial charge in [-0.25, -0.2) is 0 Å². The van der Waals surface area contributed by atoms with E-state index in [0.29, 0.717) is 6.42 Å². The second-order valence-corrected chi connectivity index (χ2v) is 13.5. The first kappa shape index (κ1) is 48.3. The van der Waals surface area contributed by atoms with Crippen molar-refractivity contribution in [2.75, 3.05) is 13.2 Å². The number of hydrogen-bond donors (Lipinski definition) is 2. The molecule has 1 unspecified atom stereocenters. The van der Waals surface area contributed by atoms with Gasteiger partial charge in [-0.2, -0.15) is 0 Å². The van der Waals surface area contributed by atoms with Gasteiger partial charge in [0.1, 0.15) is 6.61 Å². The molecule has 0 aromatic rings. The van der Waals surface area contributed by atoms with E-state index < -0.39 is 24.8 Å². The van der Waals surface area contributed by atoms with E-state index in [-0.39, 0.29) is 25.4 Å². The van der Waals surface area contributed by atoms with E-state index in [2.05, 4.69) is 62.5 Å². The third kappa shape index (κ3) is 38.4. The van der Waals surface area contributed by atoms with E-state index in [1.807, 2.05) is 12.2 Å². The largest absolute Gasteiger partial charge is 0.462 e. The molecule has 2 atom stereocenters. The predicted molar refractivity (Wildman–Crippen MR) is 216 cm³/mol. The minimum Gasteiger partial charge on any atom is -0.462 e. The van der Waals surface area contributed by atoms with E-state index in [1.54, 1.807) is 12.2 Å². The van der Waals surface area contributed by atoms with Gasteiger partial charge in [0.15, 0.2) is 6.10 Å². The lowest BCUT2D eigenvalue weighted by Gasteiger charge is -2.16. The lowest BCUT2D eigenvalue weighted by Crippen LogP contribution is -2.28. The first-order valence-corrected chi connectivity index (χ1v) is 20.6. The van der Waals surface area contributed by atoms with Gasteiger partial charge in [0.2, 0.25) is 0 Å². The fraction of sp³-hybridized carbons (Fsp3) is 0.689. The molecule has 6 heteroatoms. The smallest absolute Gasteiger partial charge is 0.306 e. The van der Waals surface area contributed by atoms with Crippen molar-refractivity contribution >= 4 is 11.9 Å². The Hall–Kier alpha value is -2.70. The fourth-order valence-electron chi connectivity index (χ4n) is 5.49. The van der Waals surface area contributed by atoms with Crippen LogP contribution in [0.5, 0.6) is 0 Å². The molecule has 0 amide bonds. The Morgan fingerprint density at radius 2 is 1.00 bits per heavy atom. The number of allylic oxidation sites excluding steroid dienone is 11. The average Bonchev–Trinajstić information content (AvgIpc) is 3.13. The van der Waals surface area contributed by atoms with Gasteiger partial charge in [-0.3, -0.25) is 9.59 Å². The van der Waals surface area contributed by atoms with Crippen LogP contribution in [-0.4, -0.2) is 47.6 Å². The SMILES string of the molecule is CC/C=C\C/C=C\C/C=C\C/C=C\C/C=C\C=C/C(O)CCC(=O)O[C@@H](CO)COC(=O)CCCCCCCCCCCCCCCCCCC. The summed E-state index contributed by atoms with van der Waals surface area (Å²) in [5.74, 6) is -0.873. The summed E-state index contributed by atoms with van der Waals surface area (Å²) in [7, 11) is 0. The number of hydrogen-bond acceptors (Lipinski definition) is 6. The van der Waals surface area contributed by atoms with Crippen molar-refractivity contribution in [1.82, 2.24) is 0 Å². The van der Waals surface area contributed by atoms with Crippen LogP contribution < -0.4 is 0 Å². The summed E-state index contributed by atoms with van der Waals surface area (Å²) in [6.45, 7) is 3.82. The predicted octanol–water partition coefficient (Wildman–Crippen LogP) is 11.9. The minimum absolute atomic E-state index is 0.000867. The van der Waals surface area contributed by atoms with Crippen molar-refractivity contribution in [2.45, 2.75) is 187 Å². The van der Waals surface area contributed by atoms with Crippen LogP contribution in [0, 0.1) is 0 Å². The molecule has 0 aliphatic carbocycles. The van der Waals surface area contributed by atoms with E-state index >= 15 is 0 Å². The number of aliphatic hydroxyl groups is 2. The summed E-state index contributed by atoms with van der Waals surface area (Å²) in [4.78, 5) is 24.3. The van der Waals surface area contributed by atoms with E-state index in [1.165, 1.54) is 89.9 Å². The maximum atomic E-state index is 12.2. The van der Waals surface area contributed by atoms with E-state index in [0.717, 1.165) is 51.4 Å². The van der Waals surface area contributed by atoms with Crippen molar-refractivity contribution in [3.63, 3.8) is 0 Å². The Morgan fingerprint density at radius 3 is 1.47 bits per heavy atom. The second kappa shape index (κ2) is 40.1. The maximum Gasteiger partial charge on any atom is 0.306 e. The lowest BCUT2D eigenvalue weighted by atomic mass is 10.0. The summed E-state index contributed by atoms with van der Waals surface area (Å²) < 4.78 is 10.5. The Labute approximate surface area is 313 Å². The monoisotopic (exact) mass is 713 g/mol. The summed E-state index contributed by atoms with van der Waals surface area (Å²) in [6, 6.07) is 0. The number of rotatable bonds is 36. The van der Waals surface area contributed by atoms with E-state index in [4.69, 9.17) is 9.47 Å². The standard InChI is InChI=1S/C45H76O6/c1-3-5-7-9-11-13-15-17-19-21-23-25-27-29-31-33-35-37-44(48)50-41-43(40-46)51-45(49)39-38-42(47)36-34-32-30-28-26-24-22-20-18-16-14-12-10-8-6-4-2/h6,8,12,14,18,20,24,26,30,32,34,36,42-43,46-47H,3-5,7,9-11,13,15-17,19,21-23,25,27-29,31,33,35,37-41H2,1-2H3/b8-6-,14-12-,20-18-,26-24-,32-30-,36-34-/t42?,43-/m0/s1. The number of unbranched alkanes of at least 4 members (excludes halogenated alkanes) is 16. The van der Waals surface area contributed by atoms with Gasteiger partial charge in [0.25, 0.3) is 0 Å². The summed E-state index contributed by atoms with van der Waals surface area (Å²) >= 11 is 0. The molecular formula is C45H76O6. The highest BCUT2D eigenvalue weighted by molar-refractivity contribution is 5.70. The average molecular weight is 713 g/mol. The molecule has 0 radical (unpaired) electrons. The third-order valence-electron chi connectivity index (χ3n) is 8.63. The van der Waals surface area contributed by atoms with Crippen molar-refractivity contribution in [2.24, 2.45) is 0 Å². The van der Waals surface area contributed by atoms with Crippen molar-refractivity contribution in [3.8, 4) is 0 Å².